The Morgan fingerprint density at radius 2 is 0.600 bits per heavy atom. The minimum absolute atomic E-state index is 0.0718. The molecule has 0 radical (unpaired) electrons. The van der Waals surface area contributed by atoms with Crippen molar-refractivity contribution in [3.05, 3.63) is 191 Å². The Morgan fingerprint density at radius 1 is 0.333 bits per heavy atom. The molecule has 10 nitrogen and oxygen atoms in total. The van der Waals surface area contributed by atoms with E-state index in [1.54, 1.807) is 0 Å². The zero-order chi connectivity index (χ0) is 63.8. The Morgan fingerprint density at radius 3 is 0.900 bits per heavy atom. The molecule has 0 amide bonds. The molecule has 0 saturated carbocycles. The quantitative estimate of drug-likeness (QED) is 0.0212. The van der Waals surface area contributed by atoms with Gasteiger partial charge in [0, 0.05) is 11.1 Å². The van der Waals surface area contributed by atoms with Crippen LogP contribution < -0.4 is 27.1 Å². The first-order chi connectivity index (χ1) is 43.8. The number of carbonyl (C=O) groups is 2. The van der Waals surface area contributed by atoms with Crippen LogP contribution in [0.25, 0.3) is 32.7 Å². The Labute approximate surface area is 539 Å². The molecular formula is C78H96O10P2. The number of esters is 2. The van der Waals surface area contributed by atoms with Crippen LogP contribution in [0, 0.1) is 0 Å². The summed E-state index contributed by atoms with van der Waals surface area (Å²) in [6.07, 6.45) is 17.3. The average molecular weight is 1260 g/mol. The highest BCUT2D eigenvalue weighted by atomic mass is 31.2. The number of unbranched alkanes of at least 4 members (excludes halogenated alkanes) is 14. The van der Waals surface area contributed by atoms with Crippen LogP contribution in [0.3, 0.4) is 0 Å². The number of carbonyl (C=O) groups excluding carboxylic acids is 2. The molecule has 0 aliphatic rings. The first kappa shape index (κ1) is 68.8. The average Bonchev–Trinajstić information content (AvgIpc) is 0.759. The van der Waals surface area contributed by atoms with Crippen molar-refractivity contribution in [2.75, 3.05) is 13.2 Å². The number of ether oxygens (including phenoxy) is 2. The minimum atomic E-state index is -2.48. The molecular weight excluding hydrogens is 1160 g/mol. The van der Waals surface area contributed by atoms with Crippen molar-refractivity contribution in [1.29, 1.82) is 0 Å². The molecule has 0 aromatic heterocycles. The summed E-state index contributed by atoms with van der Waals surface area (Å²) in [5, 5.41) is 2.80. The van der Waals surface area contributed by atoms with Crippen molar-refractivity contribution in [3.8, 4) is 45.6 Å². The van der Waals surface area contributed by atoms with E-state index in [4.69, 9.17) is 36.6 Å². The zero-order valence-electron chi connectivity index (χ0n) is 55.0. The largest absolute Gasteiger partial charge is 0.530 e. The molecule has 0 fully saturated rings. The number of hydrogen-bond acceptors (Lipinski definition) is 10. The van der Waals surface area contributed by atoms with Gasteiger partial charge in [0.25, 0.3) is 0 Å². The summed E-state index contributed by atoms with van der Waals surface area (Å²) >= 11 is 0. The summed E-state index contributed by atoms with van der Waals surface area (Å²) in [6.45, 7) is 21.8. The van der Waals surface area contributed by atoms with Gasteiger partial charge in [-0.05, 0) is 117 Å². The maximum atomic E-state index is 15.5. The second kappa shape index (κ2) is 35.5. The van der Waals surface area contributed by atoms with Crippen molar-refractivity contribution < 1.29 is 46.2 Å². The molecule has 8 aromatic carbocycles. The number of benzene rings is 8. The van der Waals surface area contributed by atoms with Gasteiger partial charge >= 0.3 is 29.1 Å². The zero-order valence-corrected chi connectivity index (χ0v) is 56.8. The fraction of sp³-hybridized carbons (Fsp3) is 0.410. The van der Waals surface area contributed by atoms with Crippen LogP contribution in [0.2, 0.25) is 0 Å². The third-order valence-corrected chi connectivity index (χ3v) is 18.4. The Balaban J connectivity index is 1.39. The highest BCUT2D eigenvalue weighted by Gasteiger charge is 2.36. The Hall–Kier alpha value is -7.12. The summed E-state index contributed by atoms with van der Waals surface area (Å²) in [4.78, 5) is 31.0. The van der Waals surface area contributed by atoms with E-state index in [1.807, 2.05) is 158 Å². The summed E-state index contributed by atoms with van der Waals surface area (Å²) < 4.78 is 56.3. The summed E-state index contributed by atoms with van der Waals surface area (Å²) in [6, 6.07) is 51.0. The summed E-state index contributed by atoms with van der Waals surface area (Å²) in [5.41, 5.74) is 4.95. The van der Waals surface area contributed by atoms with E-state index in [2.05, 4.69) is 69.2 Å². The lowest BCUT2D eigenvalue weighted by molar-refractivity contribution is 0.0486. The minimum Gasteiger partial charge on any atom is -0.462 e. The van der Waals surface area contributed by atoms with Crippen LogP contribution in [0.1, 0.15) is 239 Å². The van der Waals surface area contributed by atoms with Crippen LogP contribution in [0.15, 0.2) is 158 Å². The van der Waals surface area contributed by atoms with Gasteiger partial charge in [-0.15, -0.1) is 0 Å². The molecule has 0 saturated heterocycles. The smallest absolute Gasteiger partial charge is 0.462 e. The molecule has 0 bridgehead atoms. The fourth-order valence-corrected chi connectivity index (χ4v) is 13.6. The van der Waals surface area contributed by atoms with Crippen LogP contribution >= 0.6 is 17.2 Å². The predicted octanol–water partition coefficient (Wildman–Crippen LogP) is 24.3. The highest BCUT2D eigenvalue weighted by molar-refractivity contribution is 7.43. The first-order valence-electron chi connectivity index (χ1n) is 33.3. The Bertz CT molecular complexity index is 3220. The molecule has 90 heavy (non-hydrogen) atoms. The summed E-state index contributed by atoms with van der Waals surface area (Å²) in [5.74, 6) is 1.63. The molecule has 8 aromatic rings. The van der Waals surface area contributed by atoms with Gasteiger partial charge in [-0.1, -0.05) is 280 Å². The Kier molecular flexibility index (Phi) is 27.1. The van der Waals surface area contributed by atoms with Crippen LogP contribution in [0.5, 0.6) is 34.5 Å². The molecule has 0 heterocycles. The lowest BCUT2D eigenvalue weighted by atomic mass is 9.88. The molecule has 0 aliphatic carbocycles. The van der Waals surface area contributed by atoms with Gasteiger partial charge in [0.2, 0.25) is 0 Å². The SMILES string of the molecule is CCCCCCCCCCOC(=O)c1cc2ccccc2c(-c2c(OP(Oc3ccccc3C(C)C)Oc3ccccc3C(C)C)c(C(=O)OCCCCCCCCCC)cc3ccccc23)c1OP(Oc1ccccc1C(C)C)Oc1ccccc1C(C)C. The number of fused-ring (bicyclic) bond motifs is 2. The number of para-hydroxylation sites is 4. The topological polar surface area (TPSA) is 108 Å². The van der Waals surface area contributed by atoms with E-state index < -0.39 is 29.1 Å². The third kappa shape index (κ3) is 19.0. The first-order valence-corrected chi connectivity index (χ1v) is 35.5. The summed E-state index contributed by atoms with van der Waals surface area (Å²) in [7, 11) is -4.96. The molecule has 0 atom stereocenters. The van der Waals surface area contributed by atoms with Gasteiger partial charge in [0.1, 0.15) is 34.1 Å². The van der Waals surface area contributed by atoms with Gasteiger partial charge in [0.15, 0.2) is 11.5 Å². The molecule has 0 unspecified atom stereocenters. The van der Waals surface area contributed by atoms with Crippen molar-refractivity contribution in [3.63, 3.8) is 0 Å². The van der Waals surface area contributed by atoms with Gasteiger partial charge in [-0.3, -0.25) is 0 Å². The van der Waals surface area contributed by atoms with Gasteiger partial charge in [-0.2, -0.15) is 0 Å². The fourth-order valence-electron chi connectivity index (χ4n) is 11.3. The van der Waals surface area contributed by atoms with Crippen molar-refractivity contribution in [2.24, 2.45) is 0 Å². The van der Waals surface area contributed by atoms with Crippen molar-refractivity contribution >= 4 is 50.7 Å². The maximum absolute atomic E-state index is 15.5. The van der Waals surface area contributed by atoms with E-state index in [1.165, 1.54) is 51.4 Å². The lowest BCUT2D eigenvalue weighted by Crippen LogP contribution is -2.14. The highest BCUT2D eigenvalue weighted by Crippen LogP contribution is 2.57. The van der Waals surface area contributed by atoms with Crippen LogP contribution in [-0.4, -0.2) is 25.2 Å². The molecule has 8 rings (SSSR count). The van der Waals surface area contributed by atoms with Crippen LogP contribution in [-0.2, 0) is 9.47 Å². The van der Waals surface area contributed by atoms with Gasteiger partial charge in [-0.25, -0.2) is 9.59 Å². The monoisotopic (exact) mass is 1250 g/mol. The number of rotatable bonds is 37. The van der Waals surface area contributed by atoms with Gasteiger partial charge in [0.05, 0.1) is 13.2 Å². The second-order valence-corrected chi connectivity index (χ2v) is 26.7. The normalized spacial score (nSPS) is 11.6. The van der Waals surface area contributed by atoms with E-state index in [9.17, 15) is 0 Å². The molecule has 0 spiro atoms. The molecule has 0 aliphatic heterocycles. The molecule has 478 valence electrons. The van der Waals surface area contributed by atoms with Crippen LogP contribution in [0.4, 0.5) is 0 Å². The van der Waals surface area contributed by atoms with Crippen molar-refractivity contribution in [1.82, 2.24) is 0 Å². The van der Waals surface area contributed by atoms with E-state index in [0.717, 1.165) is 60.8 Å². The molecule has 0 N–H and O–H groups in total. The van der Waals surface area contributed by atoms with Crippen molar-refractivity contribution in [2.45, 2.75) is 196 Å². The van der Waals surface area contributed by atoms with E-state index >= 15 is 9.59 Å². The lowest BCUT2D eigenvalue weighted by Gasteiger charge is -2.27. The third-order valence-electron chi connectivity index (χ3n) is 16.3. The van der Waals surface area contributed by atoms with E-state index in [0.29, 0.717) is 68.5 Å². The standard InChI is InChI=1S/C78H96O10P2/c1-11-13-15-17-19-21-23-37-51-81-77(79)67-53-59-39-25-27-45-65(59)73(75(67)87-89(83-69-47-33-29-41-61(69)55(3)4)84-70-48-34-30-42-62(70)56(5)6)74-66-46-28-26-40-60(66)54-68(78(80)82-52-38-24-22-20-18-16-14-12-2)76(74)88-90(85-71-49-35-31-43-63(71)57(7)8)86-72-50-36-32-44-64(72)58(9)10/h25-36,39-50,53-58H,11-24,37-38,51-52H2,1-10H3. The second-order valence-electron chi connectivity index (χ2n) is 24.7. The van der Waals surface area contributed by atoms with E-state index in [-0.39, 0.29) is 59.5 Å². The predicted molar refractivity (Wildman–Crippen MR) is 372 cm³/mol. The van der Waals surface area contributed by atoms with Gasteiger partial charge < -0.3 is 36.6 Å². The molecule has 12 heteroatoms. The number of hydrogen-bond donors (Lipinski definition) is 0. The maximum Gasteiger partial charge on any atom is 0.530 e.